The molecule has 28 heavy (non-hydrogen) atoms. The lowest BCUT2D eigenvalue weighted by Crippen LogP contribution is -2.39. The van der Waals surface area contributed by atoms with Gasteiger partial charge in [0.1, 0.15) is 23.6 Å². The van der Waals surface area contributed by atoms with Gasteiger partial charge in [0.05, 0.1) is 12.8 Å². The van der Waals surface area contributed by atoms with E-state index in [1.165, 1.54) is 4.90 Å². The Balaban J connectivity index is 1.65. The number of benzene rings is 1. The van der Waals surface area contributed by atoms with E-state index in [4.69, 9.17) is 8.83 Å². The van der Waals surface area contributed by atoms with Crippen molar-refractivity contribution in [3.05, 3.63) is 59.7 Å². The third-order valence-electron chi connectivity index (χ3n) is 4.47. The first-order valence-corrected chi connectivity index (χ1v) is 9.26. The molecular weight excluding hydrogens is 356 g/mol. The number of para-hydroxylation sites is 1. The predicted molar refractivity (Wildman–Crippen MR) is 109 cm³/mol. The molecule has 0 aliphatic carbocycles. The summed E-state index contributed by atoms with van der Waals surface area (Å²) in [5.41, 5.74) is 1.96. The summed E-state index contributed by atoms with van der Waals surface area (Å²) in [5, 5.41) is 7.60. The summed E-state index contributed by atoms with van der Waals surface area (Å²) in [4.78, 5) is 17.8. The van der Waals surface area contributed by atoms with Gasteiger partial charge in [0.15, 0.2) is 5.96 Å². The largest absolute Gasteiger partial charge is 0.469 e. The number of hydrogen-bond donors (Lipinski definition) is 2. The maximum absolute atomic E-state index is 11.9. The maximum atomic E-state index is 11.9. The van der Waals surface area contributed by atoms with E-state index in [0.717, 1.165) is 34.5 Å². The second-order valence-corrected chi connectivity index (χ2v) is 6.71. The second-order valence-electron chi connectivity index (χ2n) is 6.71. The zero-order chi connectivity index (χ0) is 19.9. The van der Waals surface area contributed by atoms with Gasteiger partial charge in [-0.2, -0.15) is 0 Å². The minimum Gasteiger partial charge on any atom is -0.469 e. The zero-order valence-electron chi connectivity index (χ0n) is 16.5. The van der Waals surface area contributed by atoms with E-state index in [0.29, 0.717) is 19.0 Å². The number of aryl methyl sites for hydroxylation is 1. The SMILES string of the molecule is Cc1c(CNC(=NCC(=O)N(C)C)NCCc2ccco2)oc2ccccc12. The van der Waals surface area contributed by atoms with Gasteiger partial charge in [-0.15, -0.1) is 0 Å². The van der Waals surface area contributed by atoms with E-state index in [2.05, 4.69) is 15.6 Å². The molecule has 148 valence electrons. The number of carbonyl (C=O) groups excluding carboxylic acids is 1. The minimum atomic E-state index is -0.0629. The van der Waals surface area contributed by atoms with Crippen molar-refractivity contribution in [3.8, 4) is 0 Å². The highest BCUT2D eigenvalue weighted by molar-refractivity contribution is 5.85. The van der Waals surface area contributed by atoms with Crippen molar-refractivity contribution in [1.82, 2.24) is 15.5 Å². The predicted octanol–water partition coefficient (Wildman–Crippen LogP) is 2.70. The van der Waals surface area contributed by atoms with E-state index >= 15 is 0 Å². The molecule has 2 aromatic heterocycles. The molecule has 0 spiro atoms. The molecule has 0 saturated carbocycles. The molecule has 0 aliphatic rings. The first-order chi connectivity index (χ1) is 13.5. The number of hydrogen-bond acceptors (Lipinski definition) is 4. The van der Waals surface area contributed by atoms with E-state index in [9.17, 15) is 4.79 Å². The van der Waals surface area contributed by atoms with Gasteiger partial charge < -0.3 is 24.4 Å². The van der Waals surface area contributed by atoms with Crippen LogP contribution in [0.25, 0.3) is 11.0 Å². The third-order valence-corrected chi connectivity index (χ3v) is 4.47. The van der Waals surface area contributed by atoms with Crippen molar-refractivity contribution in [2.24, 2.45) is 4.99 Å². The number of nitrogens with one attached hydrogen (secondary N) is 2. The van der Waals surface area contributed by atoms with Crippen LogP contribution in [0.5, 0.6) is 0 Å². The highest BCUT2D eigenvalue weighted by Crippen LogP contribution is 2.24. The third kappa shape index (κ3) is 4.94. The molecule has 0 fully saturated rings. The minimum absolute atomic E-state index is 0.0629. The summed E-state index contributed by atoms with van der Waals surface area (Å²) in [7, 11) is 3.43. The van der Waals surface area contributed by atoms with Crippen molar-refractivity contribution in [1.29, 1.82) is 0 Å². The molecule has 0 saturated heterocycles. The number of fused-ring (bicyclic) bond motifs is 1. The molecule has 7 nitrogen and oxygen atoms in total. The fourth-order valence-corrected chi connectivity index (χ4v) is 2.78. The van der Waals surface area contributed by atoms with Gasteiger partial charge in [0.2, 0.25) is 5.91 Å². The summed E-state index contributed by atoms with van der Waals surface area (Å²) in [6.07, 6.45) is 2.38. The molecule has 2 heterocycles. The molecule has 0 atom stereocenters. The Morgan fingerprint density at radius 3 is 2.68 bits per heavy atom. The van der Waals surface area contributed by atoms with Crippen LogP contribution in [0.2, 0.25) is 0 Å². The Kier molecular flexibility index (Phi) is 6.37. The number of nitrogens with zero attached hydrogens (tertiary/aromatic N) is 2. The van der Waals surface area contributed by atoms with Gasteiger partial charge in [-0.05, 0) is 25.1 Å². The first-order valence-electron chi connectivity index (χ1n) is 9.26. The molecule has 3 rings (SSSR count). The molecule has 0 radical (unpaired) electrons. The van der Waals surface area contributed by atoms with Crippen LogP contribution in [0.4, 0.5) is 0 Å². The second kappa shape index (κ2) is 9.12. The Hall–Kier alpha value is -3.22. The topological polar surface area (TPSA) is 83.0 Å². The molecule has 2 N–H and O–H groups in total. The monoisotopic (exact) mass is 382 g/mol. The van der Waals surface area contributed by atoms with E-state index in [1.54, 1.807) is 20.4 Å². The number of amides is 1. The Bertz CT molecular complexity index is 942. The molecule has 0 unspecified atom stereocenters. The van der Waals surface area contributed by atoms with Gasteiger partial charge in [-0.3, -0.25) is 4.79 Å². The summed E-state index contributed by atoms with van der Waals surface area (Å²) in [6.45, 7) is 3.22. The molecule has 0 aliphatic heterocycles. The van der Waals surface area contributed by atoms with Crippen molar-refractivity contribution < 1.29 is 13.6 Å². The van der Waals surface area contributed by atoms with Crippen LogP contribution in [0.1, 0.15) is 17.1 Å². The number of carbonyl (C=O) groups is 1. The van der Waals surface area contributed by atoms with Crippen LogP contribution in [0, 0.1) is 6.92 Å². The van der Waals surface area contributed by atoms with E-state index in [1.807, 2.05) is 43.3 Å². The molecule has 1 aromatic carbocycles. The van der Waals surface area contributed by atoms with Gasteiger partial charge in [0.25, 0.3) is 0 Å². The smallest absolute Gasteiger partial charge is 0.243 e. The lowest BCUT2D eigenvalue weighted by atomic mass is 10.1. The number of furan rings is 2. The van der Waals surface area contributed by atoms with Crippen LogP contribution >= 0.6 is 0 Å². The van der Waals surface area contributed by atoms with Crippen LogP contribution in [-0.2, 0) is 17.8 Å². The van der Waals surface area contributed by atoms with Crippen molar-refractivity contribution in [2.45, 2.75) is 19.9 Å². The number of guanidine groups is 1. The maximum Gasteiger partial charge on any atom is 0.243 e. The van der Waals surface area contributed by atoms with Gasteiger partial charge in [-0.1, -0.05) is 18.2 Å². The highest BCUT2D eigenvalue weighted by Gasteiger charge is 2.11. The molecule has 0 bridgehead atoms. The van der Waals surface area contributed by atoms with Crippen LogP contribution in [0.15, 0.2) is 56.5 Å². The van der Waals surface area contributed by atoms with E-state index in [-0.39, 0.29) is 12.5 Å². The number of aliphatic imine (C=N–C) groups is 1. The summed E-state index contributed by atoms with van der Waals surface area (Å²) >= 11 is 0. The van der Waals surface area contributed by atoms with Gasteiger partial charge in [-0.25, -0.2) is 4.99 Å². The average molecular weight is 382 g/mol. The van der Waals surface area contributed by atoms with E-state index < -0.39 is 0 Å². The molecule has 1 amide bonds. The number of rotatable bonds is 7. The summed E-state index contributed by atoms with van der Waals surface area (Å²) in [6, 6.07) is 11.8. The standard InChI is InChI=1S/C21H26N4O3/c1-15-17-8-4-5-9-18(17)28-19(15)13-23-21(24-14-20(26)25(2)3)22-11-10-16-7-6-12-27-16/h4-9,12H,10-11,13-14H2,1-3H3,(H2,22,23,24). The molecule has 7 heteroatoms. The Morgan fingerprint density at radius 2 is 1.96 bits per heavy atom. The summed E-state index contributed by atoms with van der Waals surface area (Å²) in [5.74, 6) is 2.23. The average Bonchev–Trinajstić information content (AvgIpc) is 3.31. The first kappa shape index (κ1) is 19.5. The normalized spacial score (nSPS) is 11.6. The van der Waals surface area contributed by atoms with Crippen LogP contribution in [0.3, 0.4) is 0 Å². The molecular formula is C21H26N4O3. The van der Waals surface area contributed by atoms with Crippen molar-refractivity contribution >= 4 is 22.8 Å². The molecule has 3 aromatic rings. The van der Waals surface area contributed by atoms with Crippen LogP contribution in [-0.4, -0.2) is 44.0 Å². The van der Waals surface area contributed by atoms with Crippen molar-refractivity contribution in [2.75, 3.05) is 27.2 Å². The quantitative estimate of drug-likeness (QED) is 0.485. The van der Waals surface area contributed by atoms with Crippen molar-refractivity contribution in [3.63, 3.8) is 0 Å². The lowest BCUT2D eigenvalue weighted by Gasteiger charge is -2.13. The van der Waals surface area contributed by atoms with Crippen LogP contribution < -0.4 is 10.6 Å². The number of likely N-dealkylation sites (N-methyl/N-ethyl adjacent to an activating group) is 1. The zero-order valence-corrected chi connectivity index (χ0v) is 16.5. The fourth-order valence-electron chi connectivity index (χ4n) is 2.78. The van der Waals surface area contributed by atoms with Gasteiger partial charge in [0, 0.05) is 38.0 Å². The Labute approximate surface area is 164 Å². The fraction of sp³-hybridized carbons (Fsp3) is 0.333. The Morgan fingerprint density at radius 1 is 1.14 bits per heavy atom. The van der Waals surface area contributed by atoms with Gasteiger partial charge >= 0.3 is 0 Å². The summed E-state index contributed by atoms with van der Waals surface area (Å²) < 4.78 is 11.3. The highest BCUT2D eigenvalue weighted by atomic mass is 16.3. The lowest BCUT2D eigenvalue weighted by molar-refractivity contribution is -0.127.